The van der Waals surface area contributed by atoms with Gasteiger partial charge in [0.25, 0.3) is 0 Å². The Bertz CT molecular complexity index is 3800. The topological polar surface area (TPSA) is 40.6 Å². The molecule has 71 heavy (non-hydrogen) atoms. The average molecular weight is 920 g/mol. The summed E-state index contributed by atoms with van der Waals surface area (Å²) in [5, 5.41) is 14.7. The van der Waals surface area contributed by atoms with E-state index in [1.54, 1.807) is 0 Å². The minimum absolute atomic E-state index is 0.0565. The molecule has 6 aromatic carbocycles. The second-order valence-electron chi connectivity index (χ2n) is 18.5. The van der Waals surface area contributed by atoms with Crippen LogP contribution in [0.15, 0.2) is 231 Å². The van der Waals surface area contributed by atoms with E-state index >= 15 is 0 Å². The van der Waals surface area contributed by atoms with Crippen molar-refractivity contribution in [3.8, 4) is 16.8 Å². The van der Waals surface area contributed by atoms with Gasteiger partial charge in [-0.3, -0.25) is 4.57 Å². The minimum atomic E-state index is 0.0565. The summed E-state index contributed by atoms with van der Waals surface area (Å²) in [4.78, 5) is 0. The zero-order valence-corrected chi connectivity index (χ0v) is 40.8. The van der Waals surface area contributed by atoms with Crippen LogP contribution < -0.4 is 0 Å². The van der Waals surface area contributed by atoms with E-state index in [0.29, 0.717) is 6.42 Å². The molecule has 0 saturated heterocycles. The maximum Gasteiger partial charge on any atom is 0.164 e. The lowest BCUT2D eigenvalue weighted by atomic mass is 9.89. The zero-order valence-electron chi connectivity index (χ0n) is 40.8. The first-order valence-corrected chi connectivity index (χ1v) is 24.8. The Morgan fingerprint density at radius 3 is 2.07 bits per heavy atom. The largest absolute Gasteiger partial charge is 0.309 e. The van der Waals surface area contributed by atoms with Crippen LogP contribution in [0.3, 0.4) is 0 Å². The number of rotatable bonds is 13. The highest BCUT2D eigenvalue weighted by atomic mass is 15.3. The van der Waals surface area contributed by atoms with E-state index in [0.717, 1.165) is 75.6 Å². The Morgan fingerprint density at radius 2 is 1.38 bits per heavy atom. The van der Waals surface area contributed by atoms with Crippen LogP contribution in [0.1, 0.15) is 75.1 Å². The third kappa shape index (κ3) is 7.94. The van der Waals surface area contributed by atoms with Crippen molar-refractivity contribution in [3.05, 3.63) is 254 Å². The summed E-state index contributed by atoms with van der Waals surface area (Å²) in [5.74, 6) is 1.83. The summed E-state index contributed by atoms with van der Waals surface area (Å²) in [6.45, 7) is 15.5. The number of hydrogen-bond acceptors (Lipinski definition) is 2. The molecular formula is C66H57N5. The van der Waals surface area contributed by atoms with Crippen molar-refractivity contribution in [2.75, 3.05) is 0 Å². The summed E-state index contributed by atoms with van der Waals surface area (Å²) < 4.78 is 7.23. The lowest BCUT2D eigenvalue weighted by Gasteiger charge is -2.20. The van der Waals surface area contributed by atoms with E-state index in [2.05, 4.69) is 248 Å². The molecule has 1 unspecified atom stereocenters. The van der Waals surface area contributed by atoms with Crippen molar-refractivity contribution in [3.63, 3.8) is 0 Å². The molecular weight excluding hydrogens is 863 g/mol. The van der Waals surface area contributed by atoms with Crippen LogP contribution >= 0.6 is 0 Å². The monoisotopic (exact) mass is 919 g/mol. The lowest BCUT2D eigenvalue weighted by Crippen LogP contribution is -2.10. The SMILES string of the molecule is C=C/C(=C\C=C/C)c1c2c3ccccc3n(C3=CCCC=C3)c2c(-c2ccccc2)c2c3ccccc3n(/C(C=C)=C/C/C(C)=C(\C)c3nnc(C4C=CC=C(c5ccccc5)C4)n3-c3ccccc3)c12. The van der Waals surface area contributed by atoms with Gasteiger partial charge in [0.1, 0.15) is 5.82 Å². The number of hydrogen-bond donors (Lipinski definition) is 0. The van der Waals surface area contributed by atoms with Crippen LogP contribution in [-0.2, 0) is 0 Å². The molecule has 3 heterocycles. The van der Waals surface area contributed by atoms with E-state index in [1.165, 1.54) is 60.5 Å². The maximum absolute atomic E-state index is 4.98. The molecule has 0 fully saturated rings. The van der Waals surface area contributed by atoms with Crippen LogP contribution in [0.5, 0.6) is 0 Å². The van der Waals surface area contributed by atoms with Gasteiger partial charge in [0, 0.05) is 55.7 Å². The van der Waals surface area contributed by atoms with Crippen LogP contribution in [0.25, 0.3) is 88.5 Å². The summed E-state index contributed by atoms with van der Waals surface area (Å²) in [5.41, 5.74) is 17.2. The van der Waals surface area contributed by atoms with Gasteiger partial charge < -0.3 is 9.13 Å². The second kappa shape index (κ2) is 19.5. The van der Waals surface area contributed by atoms with Crippen LogP contribution in [0.2, 0.25) is 0 Å². The molecule has 346 valence electrons. The zero-order chi connectivity index (χ0) is 48.4. The fourth-order valence-electron chi connectivity index (χ4n) is 10.8. The van der Waals surface area contributed by atoms with E-state index in [4.69, 9.17) is 10.2 Å². The number of nitrogens with zero attached hydrogens (tertiary/aromatic N) is 5. The molecule has 0 aliphatic heterocycles. The fraction of sp³-hybridized carbons (Fsp3) is 0.121. The van der Waals surface area contributed by atoms with Crippen molar-refractivity contribution >= 4 is 71.7 Å². The first-order valence-electron chi connectivity index (χ1n) is 24.8. The summed E-state index contributed by atoms with van der Waals surface area (Å²) in [6, 6.07) is 49.9. The molecule has 3 aromatic heterocycles. The Morgan fingerprint density at radius 1 is 0.704 bits per heavy atom. The average Bonchev–Trinajstić information content (AvgIpc) is 4.13. The molecule has 5 nitrogen and oxygen atoms in total. The first kappa shape index (κ1) is 44.9. The molecule has 0 spiro atoms. The normalized spacial score (nSPS) is 15.8. The number of allylic oxidation sites excluding steroid dienone is 18. The van der Waals surface area contributed by atoms with Gasteiger partial charge in [-0.15, -0.1) is 10.2 Å². The predicted octanol–water partition coefficient (Wildman–Crippen LogP) is 17.5. The minimum Gasteiger partial charge on any atom is -0.309 e. The summed E-state index contributed by atoms with van der Waals surface area (Å²) >= 11 is 0. The highest BCUT2D eigenvalue weighted by Gasteiger charge is 2.30. The van der Waals surface area contributed by atoms with Crippen molar-refractivity contribution < 1.29 is 0 Å². The van der Waals surface area contributed by atoms with Gasteiger partial charge in [-0.1, -0.05) is 195 Å². The Balaban J connectivity index is 1.14. The second-order valence-corrected chi connectivity index (χ2v) is 18.5. The van der Waals surface area contributed by atoms with Crippen molar-refractivity contribution in [2.24, 2.45) is 0 Å². The highest BCUT2D eigenvalue weighted by Crippen LogP contribution is 2.51. The van der Waals surface area contributed by atoms with Gasteiger partial charge in [0.2, 0.25) is 0 Å². The van der Waals surface area contributed by atoms with Crippen molar-refractivity contribution in [1.29, 1.82) is 0 Å². The molecule has 1 atom stereocenters. The number of para-hydroxylation sites is 3. The van der Waals surface area contributed by atoms with Gasteiger partial charge in [0.15, 0.2) is 5.82 Å². The van der Waals surface area contributed by atoms with E-state index in [-0.39, 0.29) is 5.92 Å². The van der Waals surface area contributed by atoms with Crippen LogP contribution in [0, 0.1) is 0 Å². The third-order valence-corrected chi connectivity index (χ3v) is 14.3. The number of benzene rings is 6. The predicted molar refractivity (Wildman–Crippen MR) is 303 cm³/mol. The summed E-state index contributed by atoms with van der Waals surface area (Å²) in [7, 11) is 0. The van der Waals surface area contributed by atoms with Crippen LogP contribution in [-0.4, -0.2) is 23.9 Å². The number of aromatic nitrogens is 5. The molecule has 0 amide bonds. The van der Waals surface area contributed by atoms with Gasteiger partial charge in [0.05, 0.1) is 22.1 Å². The molecule has 0 radical (unpaired) electrons. The third-order valence-electron chi connectivity index (χ3n) is 14.3. The standard InChI is InChI=1S/C66H57N5/c1-6-9-27-47(7-2)59-61-56-39-23-25-41-58(56)70(53-34-18-12-19-35-53)64(61)60(49-30-16-11-17-31-49)62-55-38-22-24-40-57(55)69(63(59)62)52(8-3)43-42-45(4)46(5)65-67-68-66(71(65)54-36-20-13-21-37-54)51-33-26-32-50(44-51)48-28-14-10-15-29-48/h6-11,13-18,20-41,43,51H,2-3,12,19,42,44H2,1,4-5H3/b9-6-,46-45+,47-27+,52-43+. The molecule has 11 rings (SSSR count). The quantitative estimate of drug-likeness (QED) is 0.108. The van der Waals surface area contributed by atoms with Gasteiger partial charge >= 0.3 is 0 Å². The molecule has 0 N–H and O–H groups in total. The molecule has 0 saturated carbocycles. The van der Waals surface area contributed by atoms with E-state index in [9.17, 15) is 0 Å². The van der Waals surface area contributed by atoms with E-state index in [1.807, 2.05) is 12.2 Å². The first-order chi connectivity index (χ1) is 35.0. The van der Waals surface area contributed by atoms with Gasteiger partial charge in [-0.2, -0.15) is 0 Å². The molecule has 5 heteroatoms. The Hall–Kier alpha value is -8.54. The number of fused-ring (bicyclic) bond motifs is 6. The Kier molecular flexibility index (Phi) is 12.3. The van der Waals surface area contributed by atoms with Gasteiger partial charge in [-0.25, -0.2) is 0 Å². The molecule has 9 aromatic rings. The Labute approximate surface area is 416 Å². The maximum atomic E-state index is 4.98. The summed E-state index contributed by atoms with van der Waals surface area (Å²) in [6.07, 6.45) is 30.0. The van der Waals surface area contributed by atoms with Crippen molar-refractivity contribution in [1.82, 2.24) is 23.9 Å². The van der Waals surface area contributed by atoms with Crippen LogP contribution in [0.4, 0.5) is 0 Å². The van der Waals surface area contributed by atoms with Crippen molar-refractivity contribution in [2.45, 2.75) is 52.4 Å². The molecule has 2 aliphatic carbocycles. The molecule has 0 bridgehead atoms. The van der Waals surface area contributed by atoms with Gasteiger partial charge in [-0.05, 0) is 111 Å². The molecule has 2 aliphatic rings. The highest BCUT2D eigenvalue weighted by molar-refractivity contribution is 6.32. The smallest absolute Gasteiger partial charge is 0.164 e. The fourth-order valence-corrected chi connectivity index (χ4v) is 10.8. The van der Waals surface area contributed by atoms with E-state index < -0.39 is 0 Å². The lowest BCUT2D eigenvalue weighted by molar-refractivity contribution is 0.752.